The molecule has 5 heteroatoms. The number of hydrogen-bond acceptors (Lipinski definition) is 4. The molecule has 2 rings (SSSR count). The number of rotatable bonds is 8. The van der Waals surface area contributed by atoms with Gasteiger partial charge in [0.15, 0.2) is 0 Å². The predicted octanol–water partition coefficient (Wildman–Crippen LogP) is 1.97. The lowest BCUT2D eigenvalue weighted by atomic mass is 10.2. The van der Waals surface area contributed by atoms with E-state index in [-0.39, 0.29) is 0 Å². The fourth-order valence-corrected chi connectivity index (χ4v) is 1.88. The van der Waals surface area contributed by atoms with Crippen molar-refractivity contribution in [2.45, 2.75) is 19.4 Å². The second-order valence-electron chi connectivity index (χ2n) is 4.33. The molecule has 0 bridgehead atoms. The molecule has 0 aliphatic carbocycles. The van der Waals surface area contributed by atoms with Crippen molar-refractivity contribution in [3.05, 3.63) is 42.5 Å². The number of anilines is 1. The van der Waals surface area contributed by atoms with E-state index in [0.717, 1.165) is 37.4 Å². The molecule has 0 atom stereocenters. The number of nitrogens with zero attached hydrogens (tertiary/aromatic N) is 3. The summed E-state index contributed by atoms with van der Waals surface area (Å²) in [6.07, 6.45) is 3.71. The topological polar surface area (TPSA) is 52.0 Å². The van der Waals surface area contributed by atoms with Crippen LogP contribution in [0, 0.1) is 0 Å². The molecule has 1 aromatic heterocycles. The van der Waals surface area contributed by atoms with Crippen LogP contribution in [0.25, 0.3) is 0 Å². The van der Waals surface area contributed by atoms with Gasteiger partial charge in [0.25, 0.3) is 0 Å². The third-order valence-corrected chi connectivity index (χ3v) is 2.91. The van der Waals surface area contributed by atoms with E-state index >= 15 is 0 Å². The van der Waals surface area contributed by atoms with Crippen LogP contribution in [-0.2, 0) is 17.7 Å². The number of nitrogens with one attached hydrogen (secondary N) is 1. The maximum atomic E-state index is 5.06. The lowest BCUT2D eigenvalue weighted by Crippen LogP contribution is -2.09. The van der Waals surface area contributed by atoms with Crippen LogP contribution in [0.1, 0.15) is 12.2 Å². The number of aromatic nitrogens is 3. The first kappa shape index (κ1) is 13.5. The summed E-state index contributed by atoms with van der Waals surface area (Å²) in [4.78, 5) is 0. The molecular formula is C14H20N4O. The molecular weight excluding hydrogens is 240 g/mol. The van der Waals surface area contributed by atoms with Crippen molar-refractivity contribution in [3.63, 3.8) is 0 Å². The van der Waals surface area contributed by atoms with E-state index in [9.17, 15) is 0 Å². The molecule has 1 N–H and O–H groups in total. The zero-order chi connectivity index (χ0) is 13.3. The minimum Gasteiger partial charge on any atom is -0.385 e. The van der Waals surface area contributed by atoms with Gasteiger partial charge >= 0.3 is 0 Å². The van der Waals surface area contributed by atoms with Gasteiger partial charge in [-0.1, -0.05) is 18.2 Å². The Morgan fingerprint density at radius 2 is 2.11 bits per heavy atom. The minimum absolute atomic E-state index is 0.688. The average molecular weight is 260 g/mol. The number of ether oxygens (including phenoxy) is 1. The maximum absolute atomic E-state index is 5.06. The van der Waals surface area contributed by atoms with Crippen molar-refractivity contribution in [2.24, 2.45) is 0 Å². The van der Waals surface area contributed by atoms with Gasteiger partial charge in [-0.25, -0.2) is 0 Å². The summed E-state index contributed by atoms with van der Waals surface area (Å²) in [5, 5.41) is 11.5. The van der Waals surface area contributed by atoms with Crippen LogP contribution < -0.4 is 5.32 Å². The second-order valence-corrected chi connectivity index (χ2v) is 4.33. The van der Waals surface area contributed by atoms with Crippen molar-refractivity contribution in [1.82, 2.24) is 14.8 Å². The summed E-state index contributed by atoms with van der Waals surface area (Å²) in [5.74, 6) is 1.02. The van der Waals surface area contributed by atoms with E-state index in [1.807, 2.05) is 22.8 Å². The molecule has 1 aromatic carbocycles. The van der Waals surface area contributed by atoms with Crippen molar-refractivity contribution in [2.75, 3.05) is 25.6 Å². The Hall–Kier alpha value is -1.88. The zero-order valence-corrected chi connectivity index (χ0v) is 11.2. The van der Waals surface area contributed by atoms with E-state index in [2.05, 4.69) is 27.6 Å². The summed E-state index contributed by atoms with van der Waals surface area (Å²) in [5.41, 5.74) is 1.16. The second kappa shape index (κ2) is 7.53. The monoisotopic (exact) mass is 260 g/mol. The summed E-state index contributed by atoms with van der Waals surface area (Å²) in [7, 11) is 1.70. The van der Waals surface area contributed by atoms with E-state index in [4.69, 9.17) is 4.74 Å². The van der Waals surface area contributed by atoms with E-state index in [1.54, 1.807) is 13.4 Å². The first-order chi connectivity index (χ1) is 9.40. The molecule has 5 nitrogen and oxygen atoms in total. The van der Waals surface area contributed by atoms with Crippen molar-refractivity contribution >= 4 is 5.69 Å². The van der Waals surface area contributed by atoms with Gasteiger partial charge in [-0.2, -0.15) is 0 Å². The molecule has 0 aliphatic heterocycles. The number of aryl methyl sites for hydroxylation is 1. The average Bonchev–Trinajstić information content (AvgIpc) is 2.90. The lowest BCUT2D eigenvalue weighted by molar-refractivity contribution is 0.186. The molecule has 0 spiro atoms. The highest BCUT2D eigenvalue weighted by Gasteiger charge is 2.03. The van der Waals surface area contributed by atoms with Crippen molar-refractivity contribution in [3.8, 4) is 0 Å². The standard InChI is InChI=1S/C14H20N4O/c1-19-11-10-18-12-16-17-14(18)8-5-9-15-13-6-3-2-4-7-13/h2-4,6-7,12,15H,5,8-11H2,1H3. The molecule has 2 aromatic rings. The fraction of sp³-hybridized carbons (Fsp3) is 0.429. The van der Waals surface area contributed by atoms with Gasteiger partial charge in [0.2, 0.25) is 0 Å². The zero-order valence-electron chi connectivity index (χ0n) is 11.2. The summed E-state index contributed by atoms with van der Waals surface area (Å²) in [6, 6.07) is 10.2. The molecule has 0 fully saturated rings. The largest absolute Gasteiger partial charge is 0.385 e. The Morgan fingerprint density at radius 1 is 1.26 bits per heavy atom. The van der Waals surface area contributed by atoms with Gasteiger partial charge in [-0.15, -0.1) is 10.2 Å². The molecule has 0 radical (unpaired) electrons. The van der Waals surface area contributed by atoms with Crippen LogP contribution in [-0.4, -0.2) is 35.0 Å². The minimum atomic E-state index is 0.688. The summed E-state index contributed by atoms with van der Waals surface area (Å²) in [6.45, 7) is 2.43. The third-order valence-electron chi connectivity index (χ3n) is 2.91. The van der Waals surface area contributed by atoms with E-state index in [1.165, 1.54) is 0 Å². The smallest absolute Gasteiger partial charge is 0.132 e. The van der Waals surface area contributed by atoms with Gasteiger partial charge in [0.05, 0.1) is 6.61 Å². The van der Waals surface area contributed by atoms with Crippen molar-refractivity contribution in [1.29, 1.82) is 0 Å². The van der Waals surface area contributed by atoms with Gasteiger partial charge in [0.1, 0.15) is 12.2 Å². The quantitative estimate of drug-likeness (QED) is 0.737. The van der Waals surface area contributed by atoms with Crippen LogP contribution in [0.4, 0.5) is 5.69 Å². The number of methoxy groups -OCH3 is 1. The van der Waals surface area contributed by atoms with Crippen molar-refractivity contribution < 1.29 is 4.74 Å². The van der Waals surface area contributed by atoms with Gasteiger partial charge < -0.3 is 14.6 Å². The van der Waals surface area contributed by atoms with Gasteiger partial charge in [-0.3, -0.25) is 0 Å². The Labute approximate surface area is 113 Å². The first-order valence-electron chi connectivity index (χ1n) is 6.54. The Morgan fingerprint density at radius 3 is 2.89 bits per heavy atom. The van der Waals surface area contributed by atoms with Crippen LogP contribution in [0.3, 0.4) is 0 Å². The maximum Gasteiger partial charge on any atom is 0.132 e. The normalized spacial score (nSPS) is 10.6. The summed E-state index contributed by atoms with van der Waals surface area (Å²) < 4.78 is 7.11. The lowest BCUT2D eigenvalue weighted by Gasteiger charge is -2.07. The van der Waals surface area contributed by atoms with Gasteiger partial charge in [-0.05, 0) is 18.6 Å². The van der Waals surface area contributed by atoms with E-state index in [0.29, 0.717) is 6.61 Å². The molecule has 102 valence electrons. The number of para-hydroxylation sites is 1. The molecule has 0 unspecified atom stereocenters. The Balaban J connectivity index is 1.72. The summed E-state index contributed by atoms with van der Waals surface area (Å²) >= 11 is 0. The number of benzene rings is 1. The van der Waals surface area contributed by atoms with E-state index < -0.39 is 0 Å². The fourth-order valence-electron chi connectivity index (χ4n) is 1.88. The molecule has 0 aliphatic rings. The highest BCUT2D eigenvalue weighted by atomic mass is 16.5. The number of hydrogen-bond donors (Lipinski definition) is 1. The molecule has 0 saturated heterocycles. The van der Waals surface area contributed by atoms with Crippen LogP contribution in [0.2, 0.25) is 0 Å². The predicted molar refractivity (Wildman–Crippen MR) is 75.2 cm³/mol. The van der Waals surface area contributed by atoms with Crippen LogP contribution >= 0.6 is 0 Å². The highest BCUT2D eigenvalue weighted by Crippen LogP contribution is 2.06. The first-order valence-corrected chi connectivity index (χ1v) is 6.54. The molecule has 0 amide bonds. The molecule has 19 heavy (non-hydrogen) atoms. The Kier molecular flexibility index (Phi) is 5.37. The van der Waals surface area contributed by atoms with Crippen LogP contribution in [0.5, 0.6) is 0 Å². The SMILES string of the molecule is COCCn1cnnc1CCCNc1ccccc1. The Bertz CT molecular complexity index is 469. The molecule has 0 saturated carbocycles. The molecule has 1 heterocycles. The van der Waals surface area contributed by atoms with Gasteiger partial charge in [0, 0.05) is 32.3 Å². The third kappa shape index (κ3) is 4.37. The highest BCUT2D eigenvalue weighted by molar-refractivity contribution is 5.42. The van der Waals surface area contributed by atoms with Crippen LogP contribution in [0.15, 0.2) is 36.7 Å².